The fourth-order valence-corrected chi connectivity index (χ4v) is 3.29. The monoisotopic (exact) mass is 442 g/mol. The van der Waals surface area contributed by atoms with E-state index in [1.165, 1.54) is 0 Å². The first-order valence-electron chi connectivity index (χ1n) is 9.40. The maximum Gasteiger partial charge on any atom is 0.213 e. The normalized spacial score (nSPS) is 13.2. The van der Waals surface area contributed by atoms with Crippen LogP contribution in [0.1, 0.15) is 28.8 Å². The van der Waals surface area contributed by atoms with E-state index in [0.29, 0.717) is 34.4 Å². The van der Waals surface area contributed by atoms with Crippen molar-refractivity contribution in [2.45, 2.75) is 19.4 Å². The Morgan fingerprint density at radius 1 is 1.20 bits per heavy atom. The Hall–Kier alpha value is -2.82. The molecule has 4 nitrogen and oxygen atoms in total. The van der Waals surface area contributed by atoms with Crippen molar-refractivity contribution in [3.63, 3.8) is 0 Å². The second-order valence-corrected chi connectivity index (χ2v) is 7.21. The third kappa shape index (κ3) is 7.54. The van der Waals surface area contributed by atoms with Crippen LogP contribution in [-0.4, -0.2) is 20.1 Å². The number of nitrogens with one attached hydrogen (secondary N) is 1. The summed E-state index contributed by atoms with van der Waals surface area (Å²) in [5.74, 6) is 0.672. The number of rotatable bonds is 7. The molecular weight excluding hydrogens is 419 g/mol. The Bertz CT molecular complexity index is 931. The van der Waals surface area contributed by atoms with Gasteiger partial charge in [0.05, 0.1) is 0 Å². The Kier molecular flexibility index (Phi) is 9.92. The molecule has 0 radical (unpaired) electrons. The van der Waals surface area contributed by atoms with Crippen LogP contribution >= 0.6 is 23.2 Å². The average molecular weight is 443 g/mol. The van der Waals surface area contributed by atoms with Gasteiger partial charge in [-0.15, -0.1) is 0 Å². The van der Waals surface area contributed by atoms with Gasteiger partial charge in [0.1, 0.15) is 18.6 Å². The third-order valence-corrected chi connectivity index (χ3v) is 4.60. The number of carbonyl (C=O) groups is 1. The number of ether oxygens (including phenoxy) is 1. The van der Waals surface area contributed by atoms with E-state index in [4.69, 9.17) is 27.9 Å². The summed E-state index contributed by atoms with van der Waals surface area (Å²) in [5, 5.41) is 4.04. The van der Waals surface area contributed by atoms with Gasteiger partial charge < -0.3 is 10.1 Å². The number of aliphatic imine (C=N–C) groups is 1. The fraction of sp³-hybridized carbons (Fsp3) is 0.167. The van der Waals surface area contributed by atoms with E-state index in [2.05, 4.69) is 35.3 Å². The first-order chi connectivity index (χ1) is 14.6. The molecule has 0 aliphatic heterocycles. The fourth-order valence-electron chi connectivity index (χ4n) is 2.75. The zero-order chi connectivity index (χ0) is 21.8. The van der Waals surface area contributed by atoms with Gasteiger partial charge in [-0.25, -0.2) is 0 Å². The first kappa shape index (κ1) is 23.5. The van der Waals surface area contributed by atoms with Crippen molar-refractivity contribution >= 4 is 36.2 Å². The molecule has 0 saturated heterocycles. The number of hydrogen-bond acceptors (Lipinski definition) is 4. The zero-order valence-electron chi connectivity index (χ0n) is 16.8. The van der Waals surface area contributed by atoms with Crippen LogP contribution in [0, 0.1) is 0 Å². The molecular formula is C24H24Cl2N2O2. The highest BCUT2D eigenvalue weighted by atomic mass is 35.5. The summed E-state index contributed by atoms with van der Waals surface area (Å²) in [6.45, 7) is 4.18. The van der Waals surface area contributed by atoms with Crippen molar-refractivity contribution in [3.8, 4) is 0 Å². The van der Waals surface area contributed by atoms with E-state index >= 15 is 0 Å². The molecule has 2 aromatic rings. The molecule has 1 N–H and O–H groups in total. The minimum absolute atomic E-state index is 0.481. The van der Waals surface area contributed by atoms with Gasteiger partial charge in [0.15, 0.2) is 0 Å². The lowest BCUT2D eigenvalue weighted by Crippen LogP contribution is -2.13. The number of nitrogens with zero attached hydrogens (tertiary/aromatic N) is 1. The number of halogens is 2. The average Bonchev–Trinajstić information content (AvgIpc) is 2.77. The Morgan fingerprint density at radius 2 is 1.90 bits per heavy atom. The SMILES string of the molecule is C=N/C(C1=CC=CCC1)=C(/NC)OCc1ccccc1.O=Cc1cc(Cl)cc(Cl)c1. The zero-order valence-corrected chi connectivity index (χ0v) is 18.3. The van der Waals surface area contributed by atoms with Crippen molar-refractivity contribution < 1.29 is 9.53 Å². The van der Waals surface area contributed by atoms with Gasteiger partial charge in [0.25, 0.3) is 0 Å². The van der Waals surface area contributed by atoms with Crippen molar-refractivity contribution in [1.29, 1.82) is 0 Å². The topological polar surface area (TPSA) is 50.7 Å². The van der Waals surface area contributed by atoms with Gasteiger partial charge in [0, 0.05) is 22.7 Å². The number of aldehydes is 1. The van der Waals surface area contributed by atoms with E-state index in [1.807, 2.05) is 37.4 Å². The maximum absolute atomic E-state index is 10.2. The molecule has 0 amide bonds. The van der Waals surface area contributed by atoms with Crippen LogP contribution in [0.4, 0.5) is 0 Å². The van der Waals surface area contributed by atoms with E-state index < -0.39 is 0 Å². The Balaban J connectivity index is 0.000000269. The number of benzene rings is 2. The standard InChI is InChI=1S/C17H20N2O.C7H4Cl2O/c1-18-16(15-11-7-4-8-12-15)17(19-2)20-13-14-9-5-3-6-10-14;8-6-1-5(4-10)2-7(9)3-6/h3-7,9-11,19H,1,8,12-13H2,2H3;1-4H/b17-16-;. The minimum atomic E-state index is 0.481. The van der Waals surface area contributed by atoms with Crippen LogP contribution in [0.15, 0.2) is 88.9 Å². The molecule has 2 aromatic carbocycles. The van der Waals surface area contributed by atoms with Gasteiger partial charge in [-0.3, -0.25) is 9.79 Å². The van der Waals surface area contributed by atoms with Crippen molar-refractivity contribution in [2.24, 2.45) is 4.99 Å². The van der Waals surface area contributed by atoms with Crippen molar-refractivity contribution in [3.05, 3.63) is 105 Å². The predicted octanol–water partition coefficient (Wildman–Crippen LogP) is 6.37. The summed E-state index contributed by atoms with van der Waals surface area (Å²) in [5.41, 5.74) is 3.58. The lowest BCUT2D eigenvalue weighted by Gasteiger charge is -2.16. The van der Waals surface area contributed by atoms with E-state index in [0.717, 1.165) is 29.7 Å². The predicted molar refractivity (Wildman–Crippen MR) is 125 cm³/mol. The summed E-state index contributed by atoms with van der Waals surface area (Å²) in [4.78, 5) is 14.3. The summed E-state index contributed by atoms with van der Waals surface area (Å²) in [7, 11) is 1.84. The second kappa shape index (κ2) is 12.7. The van der Waals surface area contributed by atoms with E-state index in [9.17, 15) is 4.79 Å². The largest absolute Gasteiger partial charge is 0.473 e. The Labute approximate surface area is 187 Å². The van der Waals surface area contributed by atoms with Crippen LogP contribution in [0.2, 0.25) is 10.0 Å². The van der Waals surface area contributed by atoms with Crippen molar-refractivity contribution in [1.82, 2.24) is 5.32 Å². The molecule has 0 heterocycles. The summed E-state index contributed by atoms with van der Waals surface area (Å²) >= 11 is 11.2. The highest BCUT2D eigenvalue weighted by molar-refractivity contribution is 6.35. The molecule has 0 spiro atoms. The number of carbonyl (C=O) groups excluding carboxylic acids is 1. The van der Waals surface area contributed by atoms with Gasteiger partial charge >= 0.3 is 0 Å². The molecule has 0 unspecified atom stereocenters. The molecule has 1 aliphatic rings. The molecule has 30 heavy (non-hydrogen) atoms. The van der Waals surface area contributed by atoms with Crippen molar-refractivity contribution in [2.75, 3.05) is 7.05 Å². The minimum Gasteiger partial charge on any atom is -0.473 e. The lowest BCUT2D eigenvalue weighted by molar-refractivity contribution is 0.112. The summed E-state index contributed by atoms with van der Waals surface area (Å²) < 4.78 is 5.85. The molecule has 3 rings (SSSR count). The van der Waals surface area contributed by atoms with Gasteiger partial charge in [0.2, 0.25) is 5.88 Å². The number of allylic oxidation sites excluding steroid dienone is 4. The van der Waals surface area contributed by atoms with Crippen LogP contribution in [0.5, 0.6) is 0 Å². The molecule has 0 atom stereocenters. The van der Waals surface area contributed by atoms with E-state index in [1.54, 1.807) is 18.2 Å². The molecule has 0 fully saturated rings. The molecule has 0 bridgehead atoms. The molecule has 156 valence electrons. The highest BCUT2D eigenvalue weighted by Crippen LogP contribution is 2.24. The molecule has 0 aromatic heterocycles. The summed E-state index contributed by atoms with van der Waals surface area (Å²) in [6, 6.07) is 14.8. The van der Waals surface area contributed by atoms with Crippen LogP contribution in [0.25, 0.3) is 0 Å². The summed E-state index contributed by atoms with van der Waals surface area (Å²) in [6.07, 6.45) is 8.96. The Morgan fingerprint density at radius 3 is 2.43 bits per heavy atom. The van der Waals surface area contributed by atoms with Crippen LogP contribution < -0.4 is 5.32 Å². The van der Waals surface area contributed by atoms with Gasteiger partial charge in [-0.1, -0.05) is 71.8 Å². The number of hydrogen-bond donors (Lipinski definition) is 1. The maximum atomic E-state index is 10.2. The van der Waals surface area contributed by atoms with E-state index in [-0.39, 0.29) is 0 Å². The molecule has 0 saturated carbocycles. The van der Waals surface area contributed by atoms with Gasteiger partial charge in [-0.2, -0.15) is 0 Å². The smallest absolute Gasteiger partial charge is 0.213 e. The highest BCUT2D eigenvalue weighted by Gasteiger charge is 2.12. The van der Waals surface area contributed by atoms with Crippen LogP contribution in [-0.2, 0) is 11.3 Å². The first-order valence-corrected chi connectivity index (χ1v) is 10.2. The van der Waals surface area contributed by atoms with Gasteiger partial charge in [-0.05, 0) is 48.9 Å². The second-order valence-electron chi connectivity index (χ2n) is 6.34. The third-order valence-electron chi connectivity index (χ3n) is 4.17. The van der Waals surface area contributed by atoms with Crippen LogP contribution in [0.3, 0.4) is 0 Å². The molecule has 6 heteroatoms. The lowest BCUT2D eigenvalue weighted by atomic mass is 10.0. The molecule has 1 aliphatic carbocycles. The quantitative estimate of drug-likeness (QED) is 0.307.